The maximum atomic E-state index is 5.84. The molecule has 30 heavy (non-hydrogen) atoms. The first-order chi connectivity index (χ1) is 14.6. The lowest BCUT2D eigenvalue weighted by Crippen LogP contribution is -1.93. The largest absolute Gasteiger partial charge is 0.457 e. The first-order valence-electron chi connectivity index (χ1n) is 9.89. The third kappa shape index (κ3) is 5.32. The van der Waals surface area contributed by atoms with E-state index in [1.165, 1.54) is 11.1 Å². The van der Waals surface area contributed by atoms with Gasteiger partial charge in [0.15, 0.2) is 0 Å². The Morgan fingerprint density at radius 2 is 0.867 bits per heavy atom. The van der Waals surface area contributed by atoms with Gasteiger partial charge in [-0.1, -0.05) is 36.4 Å². The number of anilines is 2. The quantitative estimate of drug-likeness (QED) is 0.364. The molecule has 4 rings (SSSR count). The summed E-state index contributed by atoms with van der Waals surface area (Å²) in [5.41, 5.74) is 15.5. The third-order valence-electron chi connectivity index (χ3n) is 4.74. The van der Waals surface area contributed by atoms with Crippen LogP contribution >= 0.6 is 0 Å². The summed E-state index contributed by atoms with van der Waals surface area (Å²) in [6.07, 6.45) is 1.90. The fourth-order valence-electron chi connectivity index (χ4n) is 3.17. The van der Waals surface area contributed by atoms with E-state index in [2.05, 4.69) is 24.3 Å². The van der Waals surface area contributed by atoms with Crippen LogP contribution in [-0.2, 0) is 12.8 Å². The van der Waals surface area contributed by atoms with E-state index in [1.807, 2.05) is 72.8 Å². The van der Waals surface area contributed by atoms with Gasteiger partial charge in [-0.15, -0.1) is 0 Å². The van der Waals surface area contributed by atoms with Gasteiger partial charge in [-0.05, 0) is 72.5 Å². The van der Waals surface area contributed by atoms with Gasteiger partial charge in [0, 0.05) is 23.5 Å². The highest BCUT2D eigenvalue weighted by molar-refractivity contribution is 5.46. The Morgan fingerprint density at radius 3 is 1.23 bits per heavy atom. The lowest BCUT2D eigenvalue weighted by atomic mass is 10.0. The van der Waals surface area contributed by atoms with E-state index >= 15 is 0 Å². The van der Waals surface area contributed by atoms with Crippen molar-refractivity contribution >= 4 is 11.4 Å². The highest BCUT2D eigenvalue weighted by atomic mass is 16.5. The molecule has 0 atom stereocenters. The molecule has 0 saturated carbocycles. The molecule has 0 spiro atoms. The second-order valence-corrected chi connectivity index (χ2v) is 7.14. The second-order valence-electron chi connectivity index (χ2n) is 7.14. The maximum absolute atomic E-state index is 5.84. The smallest absolute Gasteiger partial charge is 0.129 e. The molecule has 0 aliphatic heterocycles. The van der Waals surface area contributed by atoms with Crippen molar-refractivity contribution in [2.75, 3.05) is 11.5 Å². The molecule has 150 valence electrons. The summed E-state index contributed by atoms with van der Waals surface area (Å²) >= 11 is 0. The Labute approximate surface area is 176 Å². The normalized spacial score (nSPS) is 10.5. The molecule has 0 saturated heterocycles. The first-order valence-corrected chi connectivity index (χ1v) is 9.89. The van der Waals surface area contributed by atoms with E-state index in [0.29, 0.717) is 11.4 Å². The molecule has 0 aliphatic rings. The van der Waals surface area contributed by atoms with Crippen molar-refractivity contribution in [3.05, 3.63) is 108 Å². The lowest BCUT2D eigenvalue weighted by Gasteiger charge is -2.09. The number of hydrogen-bond donors (Lipinski definition) is 2. The summed E-state index contributed by atoms with van der Waals surface area (Å²) < 4.78 is 11.7. The summed E-state index contributed by atoms with van der Waals surface area (Å²) in [4.78, 5) is 0. The van der Waals surface area contributed by atoms with Crippen LogP contribution < -0.4 is 20.9 Å². The molecule has 0 aliphatic carbocycles. The Morgan fingerprint density at radius 1 is 0.467 bits per heavy atom. The first kappa shape index (κ1) is 19.4. The van der Waals surface area contributed by atoms with Gasteiger partial charge in [0.1, 0.15) is 23.0 Å². The minimum Gasteiger partial charge on any atom is -0.457 e. The maximum Gasteiger partial charge on any atom is 0.129 e. The van der Waals surface area contributed by atoms with Gasteiger partial charge >= 0.3 is 0 Å². The number of nitrogen functional groups attached to an aromatic ring is 2. The fourth-order valence-corrected chi connectivity index (χ4v) is 3.17. The average Bonchev–Trinajstić information content (AvgIpc) is 2.74. The van der Waals surface area contributed by atoms with Crippen LogP contribution in [0.1, 0.15) is 11.1 Å². The van der Waals surface area contributed by atoms with Crippen LogP contribution in [0.4, 0.5) is 11.4 Å². The molecule has 4 aromatic carbocycles. The van der Waals surface area contributed by atoms with Crippen LogP contribution in [0.25, 0.3) is 0 Å². The van der Waals surface area contributed by atoms with Crippen LogP contribution in [0.3, 0.4) is 0 Å². The second kappa shape index (κ2) is 9.05. The number of nitrogens with two attached hydrogens (primary N) is 2. The molecule has 4 aromatic rings. The molecule has 0 amide bonds. The van der Waals surface area contributed by atoms with Crippen molar-refractivity contribution in [3.63, 3.8) is 0 Å². The molecule has 0 heterocycles. The molecule has 0 radical (unpaired) electrons. The monoisotopic (exact) mass is 396 g/mol. The summed E-state index contributed by atoms with van der Waals surface area (Å²) in [6.45, 7) is 0. The van der Waals surface area contributed by atoms with E-state index in [0.717, 1.165) is 35.8 Å². The lowest BCUT2D eigenvalue weighted by molar-refractivity contribution is 0.482. The highest BCUT2D eigenvalue weighted by Crippen LogP contribution is 2.25. The predicted molar refractivity (Wildman–Crippen MR) is 122 cm³/mol. The number of rotatable bonds is 7. The number of hydrogen-bond acceptors (Lipinski definition) is 4. The van der Waals surface area contributed by atoms with Crippen molar-refractivity contribution in [3.8, 4) is 23.0 Å². The Bertz CT molecular complexity index is 1020. The highest BCUT2D eigenvalue weighted by Gasteiger charge is 2.02. The molecule has 4 nitrogen and oxygen atoms in total. The van der Waals surface area contributed by atoms with E-state index in [4.69, 9.17) is 20.9 Å². The molecular formula is C26H24N2O2. The molecule has 0 fully saturated rings. The minimum atomic E-state index is 0.688. The molecule has 0 unspecified atom stereocenters. The van der Waals surface area contributed by atoms with Crippen molar-refractivity contribution < 1.29 is 9.47 Å². The Balaban J connectivity index is 1.31. The van der Waals surface area contributed by atoms with Gasteiger partial charge in [-0.25, -0.2) is 0 Å². The summed E-state index contributed by atoms with van der Waals surface area (Å²) in [5.74, 6) is 3.08. The molecule has 4 N–H and O–H groups in total. The predicted octanol–water partition coefficient (Wildman–Crippen LogP) is 6.22. The summed E-state index contributed by atoms with van der Waals surface area (Å²) in [7, 11) is 0. The van der Waals surface area contributed by atoms with Crippen LogP contribution in [0.15, 0.2) is 97.1 Å². The SMILES string of the molecule is Nc1cccc(Oc2ccc(CCc3ccc(Oc4cccc(N)c4)cc3)cc2)c1. The van der Waals surface area contributed by atoms with Gasteiger partial charge in [-0.2, -0.15) is 0 Å². The van der Waals surface area contributed by atoms with E-state index in [-0.39, 0.29) is 0 Å². The third-order valence-corrected chi connectivity index (χ3v) is 4.74. The van der Waals surface area contributed by atoms with Crippen molar-refractivity contribution in [1.82, 2.24) is 0 Å². The van der Waals surface area contributed by atoms with Crippen molar-refractivity contribution in [1.29, 1.82) is 0 Å². The van der Waals surface area contributed by atoms with Gasteiger partial charge in [0.2, 0.25) is 0 Å². The molecular weight excluding hydrogens is 372 g/mol. The number of benzene rings is 4. The van der Waals surface area contributed by atoms with E-state index in [1.54, 1.807) is 0 Å². The van der Waals surface area contributed by atoms with E-state index in [9.17, 15) is 0 Å². The molecule has 4 heteroatoms. The Hall–Kier alpha value is -3.92. The van der Waals surface area contributed by atoms with Crippen LogP contribution in [0.5, 0.6) is 23.0 Å². The van der Waals surface area contributed by atoms with Crippen molar-refractivity contribution in [2.45, 2.75) is 12.8 Å². The molecule has 0 bridgehead atoms. The summed E-state index contributed by atoms with van der Waals surface area (Å²) in [5, 5.41) is 0. The summed E-state index contributed by atoms with van der Waals surface area (Å²) in [6, 6.07) is 31.2. The number of ether oxygens (including phenoxy) is 2. The zero-order valence-corrected chi connectivity index (χ0v) is 16.6. The zero-order chi connectivity index (χ0) is 20.8. The minimum absolute atomic E-state index is 0.688. The van der Waals surface area contributed by atoms with E-state index < -0.39 is 0 Å². The van der Waals surface area contributed by atoms with Gasteiger partial charge in [-0.3, -0.25) is 0 Å². The van der Waals surface area contributed by atoms with Crippen molar-refractivity contribution in [2.24, 2.45) is 0 Å². The van der Waals surface area contributed by atoms with Crippen LogP contribution in [-0.4, -0.2) is 0 Å². The topological polar surface area (TPSA) is 70.5 Å². The average molecular weight is 396 g/mol. The number of aryl methyl sites for hydroxylation is 2. The zero-order valence-electron chi connectivity index (χ0n) is 16.6. The van der Waals surface area contributed by atoms with Crippen LogP contribution in [0.2, 0.25) is 0 Å². The van der Waals surface area contributed by atoms with Crippen LogP contribution in [0, 0.1) is 0 Å². The fraction of sp³-hybridized carbons (Fsp3) is 0.0769. The van der Waals surface area contributed by atoms with Gasteiger partial charge in [0.05, 0.1) is 0 Å². The van der Waals surface area contributed by atoms with Gasteiger partial charge in [0.25, 0.3) is 0 Å². The van der Waals surface area contributed by atoms with Gasteiger partial charge < -0.3 is 20.9 Å². The molecule has 0 aromatic heterocycles. The Kier molecular flexibility index (Phi) is 5.85. The standard InChI is InChI=1S/C26H24N2O2/c27-21-3-1-5-25(17-21)29-23-13-9-19(10-14-23)7-8-20-11-15-24(16-12-20)30-26-6-2-4-22(28)18-26/h1-6,9-18H,7-8,27-28H2.